The Kier molecular flexibility index (Phi) is 4.58. The summed E-state index contributed by atoms with van der Waals surface area (Å²) in [4.78, 5) is 10.5. The van der Waals surface area contributed by atoms with Gasteiger partial charge in [0.25, 0.3) is 0 Å². The first-order valence-electron chi connectivity index (χ1n) is 2.72. The Hall–Kier alpha value is -1.52. The molecular formula is C3H7N6O3S-. The normalized spacial score (nSPS) is 11.2. The quantitative estimate of drug-likeness (QED) is 0.348. The molecule has 0 fully saturated rings. The van der Waals surface area contributed by atoms with Crippen LogP contribution in [0.5, 0.6) is 0 Å². The van der Waals surface area contributed by atoms with Gasteiger partial charge in [0.1, 0.15) is 0 Å². The topological polar surface area (TPSA) is 177 Å². The summed E-state index contributed by atoms with van der Waals surface area (Å²) >= 11 is -2.86. The third-order valence-corrected chi connectivity index (χ3v) is 0.687. The summed E-state index contributed by atoms with van der Waals surface area (Å²) in [6, 6.07) is 0. The lowest BCUT2D eigenvalue weighted by molar-refractivity contribution is 0.436. The van der Waals surface area contributed by atoms with Crippen molar-refractivity contribution in [3.8, 4) is 0 Å². The molecule has 0 aliphatic heterocycles. The van der Waals surface area contributed by atoms with Crippen molar-refractivity contribution in [3.05, 3.63) is 0 Å². The van der Waals surface area contributed by atoms with Crippen LogP contribution in [0.25, 0.3) is 0 Å². The molecule has 0 aliphatic carbocycles. The molecule has 0 aromatic carbocycles. The highest BCUT2D eigenvalue weighted by atomic mass is 32.2. The molecule has 10 heteroatoms. The van der Waals surface area contributed by atoms with Gasteiger partial charge in [0, 0.05) is 0 Å². The number of aromatic nitrogens is 3. The van der Waals surface area contributed by atoms with E-state index in [1.807, 2.05) is 0 Å². The van der Waals surface area contributed by atoms with Gasteiger partial charge in [-0.3, -0.25) is 0 Å². The predicted molar refractivity (Wildman–Crippen MR) is 44.6 cm³/mol. The SMILES string of the molecule is Nc1nc(N)nc(N)n1.O=S([O-])O. The maximum Gasteiger partial charge on any atom is 0.226 e. The van der Waals surface area contributed by atoms with Gasteiger partial charge < -0.3 is 26.3 Å². The van der Waals surface area contributed by atoms with Crippen molar-refractivity contribution >= 4 is 29.2 Å². The summed E-state index contributed by atoms with van der Waals surface area (Å²) in [5.74, 6) is 0.125. The van der Waals surface area contributed by atoms with Crippen LogP contribution in [0.3, 0.4) is 0 Å². The minimum Gasteiger partial charge on any atom is -0.750 e. The van der Waals surface area contributed by atoms with Gasteiger partial charge in [-0.2, -0.15) is 15.0 Å². The second-order valence-corrected chi connectivity index (χ2v) is 2.06. The van der Waals surface area contributed by atoms with Crippen molar-refractivity contribution in [2.24, 2.45) is 0 Å². The van der Waals surface area contributed by atoms with Gasteiger partial charge in [0.2, 0.25) is 17.8 Å². The maximum absolute atomic E-state index is 8.56. The van der Waals surface area contributed by atoms with E-state index in [1.54, 1.807) is 0 Å². The summed E-state index contributed by atoms with van der Waals surface area (Å²) in [5.41, 5.74) is 15.4. The summed E-state index contributed by atoms with van der Waals surface area (Å²) in [6.07, 6.45) is 0. The van der Waals surface area contributed by atoms with E-state index in [0.717, 1.165) is 0 Å². The van der Waals surface area contributed by atoms with Crippen LogP contribution in [0.2, 0.25) is 0 Å². The fraction of sp³-hybridized carbons (Fsp3) is 0. The van der Waals surface area contributed by atoms with Gasteiger partial charge in [-0.15, -0.1) is 0 Å². The molecule has 74 valence electrons. The lowest BCUT2D eigenvalue weighted by Crippen LogP contribution is -2.05. The number of anilines is 3. The van der Waals surface area contributed by atoms with Crippen molar-refractivity contribution in [1.82, 2.24) is 15.0 Å². The molecule has 0 bridgehead atoms. The number of rotatable bonds is 0. The Bertz CT molecular complexity index is 251. The monoisotopic (exact) mass is 207 g/mol. The average Bonchev–Trinajstić information content (AvgIpc) is 1.80. The Morgan fingerprint density at radius 2 is 1.23 bits per heavy atom. The molecule has 9 nitrogen and oxygen atoms in total. The molecule has 0 aliphatic rings. The molecule has 1 atom stereocenters. The number of hydrogen-bond donors (Lipinski definition) is 4. The van der Waals surface area contributed by atoms with E-state index < -0.39 is 11.4 Å². The van der Waals surface area contributed by atoms with Crippen molar-refractivity contribution in [2.75, 3.05) is 17.2 Å². The number of nitrogen functional groups attached to an aromatic ring is 3. The Morgan fingerprint density at radius 1 is 1.08 bits per heavy atom. The first-order valence-corrected chi connectivity index (χ1v) is 3.76. The zero-order chi connectivity index (χ0) is 10.4. The van der Waals surface area contributed by atoms with Crippen LogP contribution >= 0.6 is 0 Å². The van der Waals surface area contributed by atoms with E-state index in [4.69, 9.17) is 30.5 Å². The highest BCUT2D eigenvalue weighted by molar-refractivity contribution is 7.73. The fourth-order valence-corrected chi connectivity index (χ4v) is 0.427. The van der Waals surface area contributed by atoms with Crippen LogP contribution in [-0.2, 0) is 11.4 Å². The fourth-order valence-electron chi connectivity index (χ4n) is 0.427. The maximum atomic E-state index is 8.56. The largest absolute Gasteiger partial charge is 0.750 e. The van der Waals surface area contributed by atoms with Crippen LogP contribution in [-0.4, -0.2) is 28.3 Å². The molecule has 1 unspecified atom stereocenters. The van der Waals surface area contributed by atoms with E-state index in [1.165, 1.54) is 0 Å². The third kappa shape index (κ3) is 6.86. The molecule has 1 aromatic heterocycles. The van der Waals surface area contributed by atoms with Gasteiger partial charge in [0.15, 0.2) is 0 Å². The molecule has 1 aromatic rings. The van der Waals surface area contributed by atoms with Gasteiger partial charge in [-0.1, -0.05) is 0 Å². The molecule has 0 amide bonds. The zero-order valence-electron chi connectivity index (χ0n) is 6.25. The highest BCUT2D eigenvalue weighted by Gasteiger charge is 1.93. The molecule has 1 rings (SSSR count). The second kappa shape index (κ2) is 5.18. The smallest absolute Gasteiger partial charge is 0.226 e. The lowest BCUT2D eigenvalue weighted by Gasteiger charge is -1.93. The molecule has 1 heterocycles. The van der Waals surface area contributed by atoms with Crippen molar-refractivity contribution in [1.29, 1.82) is 0 Å². The van der Waals surface area contributed by atoms with Crippen molar-refractivity contribution < 1.29 is 13.3 Å². The first kappa shape index (κ1) is 11.5. The van der Waals surface area contributed by atoms with E-state index in [-0.39, 0.29) is 17.8 Å². The summed E-state index contributed by atoms with van der Waals surface area (Å²) in [6.45, 7) is 0. The molecule has 0 radical (unpaired) electrons. The molecule has 0 spiro atoms. The van der Waals surface area contributed by atoms with E-state index >= 15 is 0 Å². The van der Waals surface area contributed by atoms with Gasteiger partial charge in [0.05, 0.1) is 11.4 Å². The number of nitrogens with two attached hydrogens (primary N) is 3. The summed E-state index contributed by atoms with van der Waals surface area (Å²) in [5, 5.41) is 0. The van der Waals surface area contributed by atoms with Gasteiger partial charge >= 0.3 is 0 Å². The van der Waals surface area contributed by atoms with E-state index in [0.29, 0.717) is 0 Å². The molecule has 0 saturated carbocycles. The predicted octanol–water partition coefficient (Wildman–Crippen LogP) is -2.04. The van der Waals surface area contributed by atoms with Crippen LogP contribution in [0.15, 0.2) is 0 Å². The van der Waals surface area contributed by atoms with Gasteiger partial charge in [-0.05, 0) is 0 Å². The lowest BCUT2D eigenvalue weighted by atomic mass is 10.9. The Balaban J connectivity index is 0.000000310. The summed E-state index contributed by atoms with van der Waals surface area (Å²) in [7, 11) is 0. The second-order valence-electron chi connectivity index (χ2n) is 1.63. The standard InChI is InChI=1S/C3H6N6.H2O3S/c4-1-7-2(5)9-3(6)8-1;1-4(2)3/h(H6,4,5,6,7,8,9);(H2,1,2,3)/p-1. The van der Waals surface area contributed by atoms with Crippen molar-refractivity contribution in [3.63, 3.8) is 0 Å². The zero-order valence-corrected chi connectivity index (χ0v) is 7.06. The molecule has 7 N–H and O–H groups in total. The van der Waals surface area contributed by atoms with Crippen LogP contribution in [0.1, 0.15) is 0 Å². The summed E-state index contributed by atoms with van der Waals surface area (Å²) < 4.78 is 24.1. The number of nitrogens with zero attached hydrogens (tertiary/aromatic N) is 3. The minimum atomic E-state index is -2.86. The molecular weight excluding hydrogens is 200 g/mol. The Morgan fingerprint density at radius 3 is 1.38 bits per heavy atom. The van der Waals surface area contributed by atoms with Crippen molar-refractivity contribution in [2.45, 2.75) is 0 Å². The molecule has 0 saturated heterocycles. The van der Waals surface area contributed by atoms with Crippen LogP contribution in [0, 0.1) is 0 Å². The first-order chi connectivity index (χ1) is 5.91. The third-order valence-electron chi connectivity index (χ3n) is 0.687. The number of hydrogen-bond acceptors (Lipinski definition) is 8. The average molecular weight is 207 g/mol. The van der Waals surface area contributed by atoms with Gasteiger partial charge in [-0.25, -0.2) is 4.21 Å². The highest BCUT2D eigenvalue weighted by Crippen LogP contribution is 1.97. The Labute approximate surface area is 75.5 Å². The van der Waals surface area contributed by atoms with E-state index in [9.17, 15) is 0 Å². The molecule has 13 heavy (non-hydrogen) atoms. The minimum absolute atomic E-state index is 0.0417. The van der Waals surface area contributed by atoms with Crippen LogP contribution < -0.4 is 17.2 Å². The van der Waals surface area contributed by atoms with Crippen LogP contribution in [0.4, 0.5) is 17.8 Å². The van der Waals surface area contributed by atoms with E-state index in [2.05, 4.69) is 15.0 Å².